The second-order valence-electron chi connectivity index (χ2n) is 6.28. The zero-order valence-electron chi connectivity index (χ0n) is 15.7. The van der Waals surface area contributed by atoms with Gasteiger partial charge < -0.3 is 24.2 Å². The first-order valence-electron chi connectivity index (χ1n) is 8.69. The molecule has 146 valence electrons. The summed E-state index contributed by atoms with van der Waals surface area (Å²) in [4.78, 5) is 24.0. The van der Waals surface area contributed by atoms with Gasteiger partial charge in [-0.1, -0.05) is 6.07 Å². The number of aldehydes is 1. The monoisotopic (exact) mass is 383 g/mol. The van der Waals surface area contributed by atoms with E-state index in [1.54, 1.807) is 12.1 Å². The smallest absolute Gasteiger partial charge is 0.339 e. The molecule has 0 atom stereocenters. The Morgan fingerprint density at radius 1 is 1.18 bits per heavy atom. The third-order valence-electron chi connectivity index (χ3n) is 4.37. The van der Waals surface area contributed by atoms with Gasteiger partial charge in [0, 0.05) is 30.9 Å². The summed E-state index contributed by atoms with van der Waals surface area (Å²) in [5.74, 6) is 0.689. The number of anilines is 1. The summed E-state index contributed by atoms with van der Waals surface area (Å²) in [6, 6.07) is 11.2. The molecule has 3 rings (SSSR count). The van der Waals surface area contributed by atoms with Crippen LogP contribution in [0.3, 0.4) is 0 Å². The second-order valence-corrected chi connectivity index (χ2v) is 6.28. The molecular formula is C21H21NO6. The van der Waals surface area contributed by atoms with Crippen molar-refractivity contribution in [3.05, 3.63) is 53.1 Å². The van der Waals surface area contributed by atoms with Gasteiger partial charge in [0.15, 0.2) is 17.8 Å². The van der Waals surface area contributed by atoms with Crippen molar-refractivity contribution >= 4 is 24.0 Å². The Morgan fingerprint density at radius 2 is 1.93 bits per heavy atom. The van der Waals surface area contributed by atoms with Gasteiger partial charge in [-0.3, -0.25) is 4.79 Å². The van der Waals surface area contributed by atoms with Crippen molar-refractivity contribution in [3.8, 4) is 17.2 Å². The van der Waals surface area contributed by atoms with E-state index in [1.165, 1.54) is 13.2 Å². The molecule has 7 nitrogen and oxygen atoms in total. The average molecular weight is 383 g/mol. The maximum Gasteiger partial charge on any atom is 0.339 e. The quantitative estimate of drug-likeness (QED) is 0.341. The lowest BCUT2D eigenvalue weighted by molar-refractivity contribution is -0.133. The van der Waals surface area contributed by atoms with Gasteiger partial charge in [0.05, 0.1) is 12.7 Å². The average Bonchev–Trinajstić information content (AvgIpc) is 2.71. The lowest BCUT2D eigenvalue weighted by atomic mass is 10.1. The molecule has 0 spiro atoms. The Balaban J connectivity index is 1.81. The Bertz CT molecular complexity index is 921. The van der Waals surface area contributed by atoms with Crippen LogP contribution in [0, 0.1) is 0 Å². The molecule has 2 aromatic rings. The molecule has 0 bridgehead atoms. The van der Waals surface area contributed by atoms with Crippen molar-refractivity contribution in [3.63, 3.8) is 0 Å². The number of carboxylic acid groups (broad SMARTS) is 1. The van der Waals surface area contributed by atoms with Crippen molar-refractivity contribution in [2.24, 2.45) is 0 Å². The molecule has 0 fully saturated rings. The first-order chi connectivity index (χ1) is 13.5. The third-order valence-corrected chi connectivity index (χ3v) is 4.37. The van der Waals surface area contributed by atoms with Gasteiger partial charge in [-0.25, -0.2) is 4.79 Å². The zero-order chi connectivity index (χ0) is 20.1. The fraction of sp³-hybridized carbons (Fsp3) is 0.238. The fourth-order valence-corrected chi connectivity index (χ4v) is 2.92. The van der Waals surface area contributed by atoms with Crippen molar-refractivity contribution in [1.82, 2.24) is 0 Å². The Morgan fingerprint density at radius 3 is 2.61 bits per heavy atom. The van der Waals surface area contributed by atoms with Crippen LogP contribution in [0.15, 0.2) is 42.0 Å². The van der Waals surface area contributed by atoms with Crippen LogP contribution >= 0.6 is 0 Å². The van der Waals surface area contributed by atoms with Gasteiger partial charge in [0.1, 0.15) is 19.0 Å². The van der Waals surface area contributed by atoms with Crippen LogP contribution in [0.25, 0.3) is 6.08 Å². The van der Waals surface area contributed by atoms with Crippen LogP contribution in [-0.4, -0.2) is 44.7 Å². The second kappa shape index (κ2) is 8.47. The van der Waals surface area contributed by atoms with E-state index in [1.807, 2.05) is 36.2 Å². The first kappa shape index (κ1) is 19.3. The molecule has 28 heavy (non-hydrogen) atoms. The summed E-state index contributed by atoms with van der Waals surface area (Å²) >= 11 is 0. The Labute approximate surface area is 162 Å². The fourth-order valence-electron chi connectivity index (χ4n) is 2.92. The lowest BCUT2D eigenvalue weighted by Crippen LogP contribution is -2.18. The number of aliphatic carboxylic acids is 1. The summed E-state index contributed by atoms with van der Waals surface area (Å²) in [6.45, 7) is 1.72. The van der Waals surface area contributed by atoms with E-state index >= 15 is 0 Å². The van der Waals surface area contributed by atoms with Crippen molar-refractivity contribution in [1.29, 1.82) is 0 Å². The van der Waals surface area contributed by atoms with E-state index in [4.69, 9.17) is 19.3 Å². The molecule has 0 aliphatic carbocycles. The van der Waals surface area contributed by atoms with Gasteiger partial charge in [-0.15, -0.1) is 0 Å². The zero-order valence-corrected chi connectivity index (χ0v) is 15.7. The van der Waals surface area contributed by atoms with E-state index in [2.05, 4.69) is 0 Å². The van der Waals surface area contributed by atoms with Gasteiger partial charge in [0.25, 0.3) is 0 Å². The minimum atomic E-state index is -1.28. The highest BCUT2D eigenvalue weighted by atomic mass is 16.6. The molecule has 0 saturated carbocycles. The molecule has 0 saturated heterocycles. The highest BCUT2D eigenvalue weighted by Crippen LogP contribution is 2.32. The van der Waals surface area contributed by atoms with Crippen molar-refractivity contribution in [2.75, 3.05) is 32.3 Å². The normalized spacial score (nSPS) is 13.0. The highest BCUT2D eigenvalue weighted by Gasteiger charge is 2.14. The molecule has 1 heterocycles. The van der Waals surface area contributed by atoms with Crippen LogP contribution in [0.1, 0.15) is 11.1 Å². The highest BCUT2D eigenvalue weighted by molar-refractivity contribution is 6.11. The van der Waals surface area contributed by atoms with Gasteiger partial charge >= 0.3 is 5.97 Å². The number of fused-ring (bicyclic) bond motifs is 1. The number of carbonyl (C=O) groups excluding carboxylic acids is 1. The minimum absolute atomic E-state index is 0.309. The molecular weight excluding hydrogens is 362 g/mol. The van der Waals surface area contributed by atoms with Crippen LogP contribution < -0.4 is 19.1 Å². The maximum atomic E-state index is 11.0. The topological polar surface area (TPSA) is 85.3 Å². The van der Waals surface area contributed by atoms with Crippen LogP contribution in [0.2, 0.25) is 0 Å². The molecule has 1 aliphatic heterocycles. The van der Waals surface area contributed by atoms with E-state index < -0.39 is 5.97 Å². The molecule has 1 N–H and O–H groups in total. The standard InChI is InChI=1S/C21H21NO6/c1-22(12-14-3-6-18-20(9-14)28-8-7-27-18)17-5-4-15(19(11-17)26-2)10-16(13-23)21(24)25/h3-6,9-11,13H,7-8,12H2,1-2H3,(H,24,25)/b16-10+. The predicted molar refractivity (Wildman–Crippen MR) is 104 cm³/mol. The number of benzene rings is 2. The number of hydrogen-bond donors (Lipinski definition) is 1. The Kier molecular flexibility index (Phi) is 5.84. The third kappa shape index (κ3) is 4.25. The van der Waals surface area contributed by atoms with E-state index in [0.29, 0.717) is 37.4 Å². The number of carbonyl (C=O) groups is 2. The van der Waals surface area contributed by atoms with E-state index in [0.717, 1.165) is 22.7 Å². The number of ether oxygens (including phenoxy) is 3. The SMILES string of the molecule is COc1cc(N(C)Cc2ccc3c(c2)OCCO3)ccc1/C=C(\C=O)C(=O)O. The van der Waals surface area contributed by atoms with Crippen molar-refractivity contribution in [2.45, 2.75) is 6.54 Å². The van der Waals surface area contributed by atoms with Crippen LogP contribution in [0.4, 0.5) is 5.69 Å². The summed E-state index contributed by atoms with van der Waals surface area (Å²) in [6.07, 6.45) is 1.60. The molecule has 0 unspecified atom stereocenters. The minimum Gasteiger partial charge on any atom is -0.496 e. The molecule has 1 aliphatic rings. The largest absolute Gasteiger partial charge is 0.496 e. The summed E-state index contributed by atoms with van der Waals surface area (Å²) < 4.78 is 16.5. The maximum absolute atomic E-state index is 11.0. The van der Waals surface area contributed by atoms with Crippen LogP contribution in [0.5, 0.6) is 17.2 Å². The van der Waals surface area contributed by atoms with Crippen LogP contribution in [-0.2, 0) is 16.1 Å². The molecule has 0 aromatic heterocycles. The van der Waals surface area contributed by atoms with Gasteiger partial charge in [0.2, 0.25) is 0 Å². The number of methoxy groups -OCH3 is 1. The molecule has 0 radical (unpaired) electrons. The van der Waals surface area contributed by atoms with E-state index in [-0.39, 0.29) is 5.57 Å². The van der Waals surface area contributed by atoms with Gasteiger partial charge in [-0.2, -0.15) is 0 Å². The lowest BCUT2D eigenvalue weighted by Gasteiger charge is -2.23. The predicted octanol–water partition coefficient (Wildman–Crippen LogP) is 2.77. The number of nitrogens with zero attached hydrogens (tertiary/aromatic N) is 1. The Hall–Kier alpha value is -3.48. The number of hydrogen-bond acceptors (Lipinski definition) is 6. The summed E-state index contributed by atoms with van der Waals surface area (Å²) in [5, 5.41) is 9.02. The van der Waals surface area contributed by atoms with E-state index in [9.17, 15) is 9.59 Å². The summed E-state index contributed by atoms with van der Waals surface area (Å²) in [5.41, 5.74) is 2.12. The summed E-state index contributed by atoms with van der Waals surface area (Å²) in [7, 11) is 3.44. The number of carboxylic acids is 1. The van der Waals surface area contributed by atoms with Gasteiger partial charge in [-0.05, 0) is 35.9 Å². The molecule has 0 amide bonds. The van der Waals surface area contributed by atoms with Crippen molar-refractivity contribution < 1.29 is 28.9 Å². The first-order valence-corrected chi connectivity index (χ1v) is 8.69. The molecule has 7 heteroatoms. The molecule has 2 aromatic carbocycles. The number of rotatable bonds is 7.